The Kier molecular flexibility index (Phi) is 7.07. The average molecular weight is 356 g/mol. The molecule has 0 saturated carbocycles. The van der Waals surface area contributed by atoms with Crippen molar-refractivity contribution in [2.24, 2.45) is 0 Å². The minimum absolute atomic E-state index is 0.0258. The van der Waals surface area contributed by atoms with Gasteiger partial charge in [-0.15, -0.1) is 11.8 Å². The third-order valence-corrected chi connectivity index (χ3v) is 4.98. The third-order valence-electron chi connectivity index (χ3n) is 3.92. The molecule has 0 fully saturated rings. The van der Waals surface area contributed by atoms with Crippen LogP contribution in [0.1, 0.15) is 28.8 Å². The maximum absolute atomic E-state index is 12.6. The first-order valence-electron chi connectivity index (χ1n) is 8.24. The van der Waals surface area contributed by atoms with Gasteiger partial charge in [0.2, 0.25) is 5.91 Å². The molecule has 0 bridgehead atoms. The molecule has 25 heavy (non-hydrogen) atoms. The molecule has 0 spiro atoms. The second-order valence-electron chi connectivity index (χ2n) is 6.09. The van der Waals surface area contributed by atoms with Gasteiger partial charge in [-0.05, 0) is 23.6 Å². The zero-order valence-corrected chi connectivity index (χ0v) is 15.7. The topological polar surface area (TPSA) is 49.4 Å². The van der Waals surface area contributed by atoms with Crippen LogP contribution in [0.2, 0.25) is 0 Å². The van der Waals surface area contributed by atoms with Gasteiger partial charge in [0.05, 0.1) is 11.3 Å². The van der Waals surface area contributed by atoms with Crippen molar-refractivity contribution in [3.63, 3.8) is 0 Å². The fourth-order valence-electron chi connectivity index (χ4n) is 2.29. The second-order valence-corrected chi connectivity index (χ2v) is 7.11. The van der Waals surface area contributed by atoms with E-state index in [9.17, 15) is 9.59 Å². The van der Waals surface area contributed by atoms with Crippen LogP contribution in [-0.2, 0) is 4.79 Å². The Morgan fingerprint density at radius 3 is 2.36 bits per heavy atom. The van der Waals surface area contributed by atoms with Crippen LogP contribution in [0.3, 0.4) is 0 Å². The molecule has 2 rings (SSSR count). The van der Waals surface area contributed by atoms with Crippen LogP contribution >= 0.6 is 11.8 Å². The molecule has 2 aromatic carbocycles. The zero-order valence-electron chi connectivity index (χ0n) is 14.9. The van der Waals surface area contributed by atoms with Crippen LogP contribution in [0.5, 0.6) is 0 Å². The lowest BCUT2D eigenvalue weighted by Gasteiger charge is -2.15. The van der Waals surface area contributed by atoms with E-state index < -0.39 is 0 Å². The first-order valence-corrected chi connectivity index (χ1v) is 9.22. The van der Waals surface area contributed by atoms with Crippen LogP contribution in [0, 0.1) is 0 Å². The summed E-state index contributed by atoms with van der Waals surface area (Å²) in [5, 5.41) is 3.00. The smallest absolute Gasteiger partial charge is 0.252 e. The highest BCUT2D eigenvalue weighted by molar-refractivity contribution is 8.00. The molecule has 1 N–H and O–H groups in total. The molecule has 2 amide bonds. The third kappa shape index (κ3) is 5.64. The van der Waals surface area contributed by atoms with Crippen LogP contribution < -0.4 is 5.32 Å². The first kappa shape index (κ1) is 19.1. The van der Waals surface area contributed by atoms with Gasteiger partial charge in [0.1, 0.15) is 0 Å². The summed E-state index contributed by atoms with van der Waals surface area (Å²) in [5.41, 5.74) is 1.81. The number of carbonyl (C=O) groups is 2. The van der Waals surface area contributed by atoms with Gasteiger partial charge >= 0.3 is 0 Å². The van der Waals surface area contributed by atoms with Gasteiger partial charge in [-0.1, -0.05) is 49.4 Å². The summed E-state index contributed by atoms with van der Waals surface area (Å²) in [7, 11) is 3.46. The van der Waals surface area contributed by atoms with Gasteiger partial charge in [0, 0.05) is 25.5 Å². The Morgan fingerprint density at radius 1 is 1.04 bits per heavy atom. The van der Waals surface area contributed by atoms with Gasteiger partial charge < -0.3 is 10.2 Å². The Bertz CT molecular complexity index is 717. The molecular weight excluding hydrogens is 332 g/mol. The molecule has 0 aliphatic carbocycles. The molecule has 0 saturated heterocycles. The molecule has 0 unspecified atom stereocenters. The maximum atomic E-state index is 12.6. The molecule has 0 aliphatic rings. The summed E-state index contributed by atoms with van der Waals surface area (Å²) >= 11 is 1.39. The summed E-state index contributed by atoms with van der Waals surface area (Å²) < 4.78 is 0. The van der Waals surface area contributed by atoms with Crippen molar-refractivity contribution in [2.45, 2.75) is 17.7 Å². The van der Waals surface area contributed by atoms with Crippen molar-refractivity contribution >= 4 is 23.6 Å². The Balaban J connectivity index is 1.98. The molecule has 2 aromatic rings. The van der Waals surface area contributed by atoms with E-state index >= 15 is 0 Å². The van der Waals surface area contributed by atoms with Crippen LogP contribution in [-0.4, -0.2) is 43.1 Å². The van der Waals surface area contributed by atoms with E-state index in [-0.39, 0.29) is 17.7 Å². The summed E-state index contributed by atoms with van der Waals surface area (Å²) in [6.45, 7) is 2.66. The fourth-order valence-corrected chi connectivity index (χ4v) is 3.32. The van der Waals surface area contributed by atoms with Crippen LogP contribution in [0.4, 0.5) is 0 Å². The van der Waals surface area contributed by atoms with Gasteiger partial charge in [-0.2, -0.15) is 0 Å². The van der Waals surface area contributed by atoms with Crippen LogP contribution in [0.25, 0.3) is 0 Å². The van der Waals surface area contributed by atoms with Crippen molar-refractivity contribution in [2.75, 3.05) is 26.4 Å². The number of nitrogens with zero attached hydrogens (tertiary/aromatic N) is 1. The molecule has 5 heteroatoms. The lowest BCUT2D eigenvalue weighted by molar-refractivity contribution is -0.125. The van der Waals surface area contributed by atoms with E-state index in [2.05, 4.69) is 24.4 Å². The normalized spacial score (nSPS) is 11.6. The average Bonchev–Trinajstić information content (AvgIpc) is 2.64. The van der Waals surface area contributed by atoms with E-state index in [0.717, 1.165) is 4.90 Å². The molecular formula is C20H24N2O2S. The predicted molar refractivity (Wildman–Crippen MR) is 103 cm³/mol. The molecule has 0 radical (unpaired) electrons. The van der Waals surface area contributed by atoms with Crippen LogP contribution in [0.15, 0.2) is 59.5 Å². The fraction of sp³-hybridized carbons (Fsp3) is 0.300. The predicted octanol–water partition coefficient (Wildman–Crippen LogP) is 3.40. The molecule has 132 valence electrons. The Hall–Kier alpha value is -2.27. The SMILES string of the molecule is C[C@@H](CNC(=O)c1ccccc1SCC(=O)N(C)C)c1ccccc1. The number of amides is 2. The Morgan fingerprint density at radius 2 is 1.68 bits per heavy atom. The van der Waals surface area contributed by atoms with E-state index in [0.29, 0.717) is 17.9 Å². The van der Waals surface area contributed by atoms with Crippen molar-refractivity contribution in [3.05, 3.63) is 65.7 Å². The van der Waals surface area contributed by atoms with E-state index in [4.69, 9.17) is 0 Å². The monoisotopic (exact) mass is 356 g/mol. The maximum Gasteiger partial charge on any atom is 0.252 e. The van der Waals surface area contributed by atoms with Crippen molar-refractivity contribution in [1.82, 2.24) is 10.2 Å². The lowest BCUT2D eigenvalue weighted by Crippen LogP contribution is -2.28. The Labute approximate surface area is 153 Å². The zero-order chi connectivity index (χ0) is 18.2. The number of carbonyl (C=O) groups excluding carboxylic acids is 2. The first-order chi connectivity index (χ1) is 12.0. The summed E-state index contributed by atoms with van der Waals surface area (Å²) in [6, 6.07) is 17.5. The largest absolute Gasteiger partial charge is 0.351 e. The van der Waals surface area contributed by atoms with Crippen molar-refractivity contribution in [1.29, 1.82) is 0 Å². The highest BCUT2D eigenvalue weighted by Crippen LogP contribution is 2.23. The van der Waals surface area contributed by atoms with Crippen molar-refractivity contribution in [3.8, 4) is 0 Å². The second kappa shape index (κ2) is 9.28. The number of hydrogen-bond donors (Lipinski definition) is 1. The minimum Gasteiger partial charge on any atom is -0.351 e. The summed E-state index contributed by atoms with van der Waals surface area (Å²) in [6.07, 6.45) is 0. The van der Waals surface area contributed by atoms with E-state index in [1.54, 1.807) is 25.1 Å². The summed E-state index contributed by atoms with van der Waals surface area (Å²) in [4.78, 5) is 26.7. The molecule has 0 aliphatic heterocycles. The number of hydrogen-bond acceptors (Lipinski definition) is 3. The van der Waals surface area contributed by atoms with Gasteiger partial charge in [-0.3, -0.25) is 9.59 Å². The van der Waals surface area contributed by atoms with Gasteiger partial charge in [0.15, 0.2) is 0 Å². The quantitative estimate of drug-likeness (QED) is 0.774. The molecule has 4 nitrogen and oxygen atoms in total. The number of thioether (sulfide) groups is 1. The minimum atomic E-state index is -0.108. The standard InChI is InChI=1S/C20H24N2O2S/c1-15(16-9-5-4-6-10-16)13-21-20(24)17-11-7-8-12-18(17)25-14-19(23)22(2)3/h4-12,15H,13-14H2,1-3H3,(H,21,24)/t15-/m0/s1. The van der Waals surface area contributed by atoms with E-state index in [1.807, 2.05) is 36.4 Å². The number of benzene rings is 2. The summed E-state index contributed by atoms with van der Waals surface area (Å²) in [5.74, 6) is 0.471. The molecule has 1 atom stereocenters. The molecule has 0 heterocycles. The van der Waals surface area contributed by atoms with Gasteiger partial charge in [-0.25, -0.2) is 0 Å². The van der Waals surface area contributed by atoms with E-state index in [1.165, 1.54) is 17.3 Å². The highest BCUT2D eigenvalue weighted by Gasteiger charge is 2.14. The van der Waals surface area contributed by atoms with Crippen molar-refractivity contribution < 1.29 is 9.59 Å². The van der Waals surface area contributed by atoms with Gasteiger partial charge in [0.25, 0.3) is 5.91 Å². The number of nitrogens with one attached hydrogen (secondary N) is 1. The highest BCUT2D eigenvalue weighted by atomic mass is 32.2. The molecule has 0 aromatic heterocycles. The lowest BCUT2D eigenvalue weighted by atomic mass is 10.0. The number of rotatable bonds is 7.